The Morgan fingerprint density at radius 3 is 2.36 bits per heavy atom. The fourth-order valence-corrected chi connectivity index (χ4v) is 0.670. The van der Waals surface area contributed by atoms with E-state index in [2.05, 4.69) is 5.11 Å². The van der Waals surface area contributed by atoms with E-state index < -0.39 is 0 Å². The number of halogens is 2. The maximum atomic E-state index is 6.52. The molecule has 0 fully saturated rings. The van der Waals surface area contributed by atoms with E-state index in [1.807, 2.05) is 0 Å². The minimum absolute atomic E-state index is 0.0295. The van der Waals surface area contributed by atoms with E-state index in [4.69, 9.17) is 33.5 Å². The van der Waals surface area contributed by atoms with Crippen molar-refractivity contribution in [3.8, 4) is 0 Å². The Morgan fingerprint density at radius 2 is 2.09 bits per heavy atom. The van der Waals surface area contributed by atoms with Crippen molar-refractivity contribution in [3.05, 3.63) is 22.0 Å². The summed E-state index contributed by atoms with van der Waals surface area (Å²) >= 11 is 11.0. The summed E-state index contributed by atoms with van der Waals surface area (Å²) in [6, 6.07) is 0. The molecule has 0 unspecified atom stereocenters. The van der Waals surface area contributed by atoms with Crippen LogP contribution in [0, 0.1) is 5.53 Å². The third kappa shape index (κ3) is 4.01. The van der Waals surface area contributed by atoms with Crippen molar-refractivity contribution in [1.29, 1.82) is 5.53 Å². The second-order valence-corrected chi connectivity index (χ2v) is 2.63. The number of hydrogen-bond acceptors (Lipinski definition) is 3. The van der Waals surface area contributed by atoms with Gasteiger partial charge >= 0.3 is 0 Å². The van der Waals surface area contributed by atoms with E-state index >= 15 is 0 Å². The number of ether oxygens (including phenoxy) is 1. The van der Waals surface area contributed by atoms with Gasteiger partial charge in [-0.2, -0.15) is 0 Å². The van der Waals surface area contributed by atoms with Gasteiger partial charge in [0, 0.05) is 6.08 Å². The number of allylic oxidation sites excluding steroid dienone is 2. The highest BCUT2D eigenvalue weighted by atomic mass is 35.5. The zero-order valence-electron chi connectivity index (χ0n) is 6.19. The summed E-state index contributed by atoms with van der Waals surface area (Å²) in [4.78, 5) is 0. The van der Waals surface area contributed by atoms with E-state index in [1.54, 1.807) is 6.92 Å². The van der Waals surface area contributed by atoms with E-state index in [0.29, 0.717) is 10.8 Å². The maximum Gasteiger partial charge on any atom is 0.154 e. The first kappa shape index (κ1) is 10.5. The predicted molar refractivity (Wildman–Crippen MR) is 44.6 cm³/mol. The third-order valence-corrected chi connectivity index (χ3v) is 1.30. The summed E-state index contributed by atoms with van der Waals surface area (Å²) in [6.07, 6.45) is 1.37. The molecule has 0 aromatic heterocycles. The van der Waals surface area contributed by atoms with Gasteiger partial charge in [-0.25, -0.2) is 5.53 Å². The topological polar surface area (TPSA) is 45.4 Å². The molecule has 1 N–H and O–H groups in total. The van der Waals surface area contributed by atoms with E-state index in [9.17, 15) is 0 Å². The molecule has 3 nitrogen and oxygen atoms in total. The molecule has 0 aromatic carbocycles. The lowest BCUT2D eigenvalue weighted by Crippen LogP contribution is -1.83. The highest BCUT2D eigenvalue weighted by Crippen LogP contribution is 2.14. The molecule has 0 spiro atoms. The molecule has 0 rings (SSSR count). The smallest absolute Gasteiger partial charge is 0.154 e. The summed E-state index contributed by atoms with van der Waals surface area (Å²) in [6.45, 7) is 1.66. The standard InChI is InChI=1S/C6H8Cl2N2O/c1-4(7)5(11-2)3-6(8)10-9/h3,9H,1-2H3/b5-4-,6-3-,10-9?. The van der Waals surface area contributed by atoms with Crippen LogP contribution in [0.4, 0.5) is 0 Å². The van der Waals surface area contributed by atoms with Crippen molar-refractivity contribution in [2.45, 2.75) is 6.92 Å². The molecule has 0 saturated heterocycles. The fourth-order valence-electron chi connectivity index (χ4n) is 0.439. The Balaban J connectivity index is 4.57. The monoisotopic (exact) mass is 194 g/mol. The van der Waals surface area contributed by atoms with Gasteiger partial charge in [-0.05, 0) is 6.92 Å². The van der Waals surface area contributed by atoms with Gasteiger partial charge in [0.05, 0.1) is 12.1 Å². The minimum atomic E-state index is 0.0295. The van der Waals surface area contributed by atoms with Crippen molar-refractivity contribution in [1.82, 2.24) is 0 Å². The largest absolute Gasteiger partial charge is 0.495 e. The van der Waals surface area contributed by atoms with Crippen molar-refractivity contribution in [3.63, 3.8) is 0 Å². The molecular weight excluding hydrogens is 187 g/mol. The highest BCUT2D eigenvalue weighted by Gasteiger charge is 1.97. The third-order valence-electron chi connectivity index (χ3n) is 0.916. The Bertz CT molecular complexity index is 207. The normalized spacial score (nSPS) is 14.0. The zero-order chi connectivity index (χ0) is 8.85. The predicted octanol–water partition coefficient (Wildman–Crippen LogP) is 3.21. The quantitative estimate of drug-likeness (QED) is 0.319. The maximum absolute atomic E-state index is 6.52. The number of nitrogens with one attached hydrogen (secondary N) is 1. The van der Waals surface area contributed by atoms with Crippen LogP contribution in [0.5, 0.6) is 0 Å². The SMILES string of the molecule is COC(/C=C(/Cl)N=N)=C(/C)Cl. The van der Waals surface area contributed by atoms with Crippen molar-refractivity contribution in [2.24, 2.45) is 5.11 Å². The van der Waals surface area contributed by atoms with Gasteiger partial charge in [-0.15, -0.1) is 5.11 Å². The van der Waals surface area contributed by atoms with Crippen LogP contribution >= 0.6 is 23.2 Å². The lowest BCUT2D eigenvalue weighted by molar-refractivity contribution is 0.304. The molecule has 0 atom stereocenters. The van der Waals surface area contributed by atoms with Crippen LogP contribution in [0.1, 0.15) is 6.92 Å². The first-order chi connectivity index (χ1) is 5.11. The highest BCUT2D eigenvalue weighted by molar-refractivity contribution is 6.31. The second kappa shape index (κ2) is 5.16. The van der Waals surface area contributed by atoms with Crippen LogP contribution in [-0.2, 0) is 4.74 Å². The summed E-state index contributed by atoms with van der Waals surface area (Å²) in [7, 11) is 1.46. The molecule has 5 heteroatoms. The molecule has 0 radical (unpaired) electrons. The first-order valence-corrected chi connectivity index (χ1v) is 3.52. The molecule has 0 aliphatic rings. The minimum Gasteiger partial charge on any atom is -0.495 e. The van der Waals surface area contributed by atoms with Crippen LogP contribution in [0.25, 0.3) is 0 Å². The summed E-state index contributed by atoms with van der Waals surface area (Å²) in [5, 5.41) is 3.46. The lowest BCUT2D eigenvalue weighted by Gasteiger charge is -1.99. The van der Waals surface area contributed by atoms with Gasteiger partial charge in [0.15, 0.2) is 5.16 Å². The number of rotatable bonds is 3. The van der Waals surface area contributed by atoms with Gasteiger partial charge in [-0.1, -0.05) is 23.2 Å². The van der Waals surface area contributed by atoms with Crippen molar-refractivity contribution >= 4 is 23.2 Å². The lowest BCUT2D eigenvalue weighted by atomic mass is 10.4. The molecule has 0 saturated carbocycles. The van der Waals surface area contributed by atoms with Gasteiger partial charge in [0.2, 0.25) is 0 Å². The zero-order valence-corrected chi connectivity index (χ0v) is 7.70. The molecule has 11 heavy (non-hydrogen) atoms. The van der Waals surface area contributed by atoms with Crippen LogP contribution < -0.4 is 0 Å². The molecule has 0 heterocycles. The summed E-state index contributed by atoms with van der Waals surface area (Å²) in [5.41, 5.74) is 6.52. The van der Waals surface area contributed by atoms with Gasteiger partial charge < -0.3 is 4.74 Å². The molecule has 0 bridgehead atoms. The molecule has 0 aromatic rings. The average Bonchev–Trinajstić information content (AvgIpc) is 1.99. The van der Waals surface area contributed by atoms with E-state index in [-0.39, 0.29) is 5.16 Å². The molecule has 62 valence electrons. The Kier molecular flexibility index (Phi) is 4.90. The fraction of sp³-hybridized carbons (Fsp3) is 0.333. The van der Waals surface area contributed by atoms with Crippen molar-refractivity contribution < 1.29 is 4.74 Å². The molecule has 0 amide bonds. The van der Waals surface area contributed by atoms with Crippen LogP contribution in [0.3, 0.4) is 0 Å². The van der Waals surface area contributed by atoms with Crippen LogP contribution in [0.15, 0.2) is 27.1 Å². The Hall–Kier alpha value is -0.540. The first-order valence-electron chi connectivity index (χ1n) is 2.76. The van der Waals surface area contributed by atoms with Gasteiger partial charge in [-0.3, -0.25) is 0 Å². The van der Waals surface area contributed by atoms with Crippen LogP contribution in [0.2, 0.25) is 0 Å². The summed E-state index contributed by atoms with van der Waals surface area (Å²) in [5.74, 6) is 0.410. The second-order valence-electron chi connectivity index (χ2n) is 1.68. The van der Waals surface area contributed by atoms with Gasteiger partial charge in [0.25, 0.3) is 0 Å². The Labute approximate surface area is 75.1 Å². The van der Waals surface area contributed by atoms with Gasteiger partial charge in [0.1, 0.15) is 5.76 Å². The summed E-state index contributed by atoms with van der Waals surface area (Å²) < 4.78 is 4.83. The number of methoxy groups -OCH3 is 1. The molecule has 0 aliphatic carbocycles. The average molecular weight is 195 g/mol. The van der Waals surface area contributed by atoms with Crippen LogP contribution in [-0.4, -0.2) is 7.11 Å². The van der Waals surface area contributed by atoms with E-state index in [0.717, 1.165) is 0 Å². The number of nitrogens with zero attached hydrogens (tertiary/aromatic N) is 1. The molecule has 0 aliphatic heterocycles. The molecular formula is C6H8Cl2N2O. The number of hydrogen-bond donors (Lipinski definition) is 1. The Morgan fingerprint density at radius 1 is 1.55 bits per heavy atom. The van der Waals surface area contributed by atoms with Crippen molar-refractivity contribution in [2.75, 3.05) is 7.11 Å². The van der Waals surface area contributed by atoms with E-state index in [1.165, 1.54) is 13.2 Å².